The second-order valence-electron chi connectivity index (χ2n) is 14.6. The van der Waals surface area contributed by atoms with E-state index in [1.54, 1.807) is 46.4 Å². The lowest BCUT2D eigenvalue weighted by molar-refractivity contribution is -0.159. The van der Waals surface area contributed by atoms with Gasteiger partial charge < -0.3 is 25.0 Å². The second-order valence-corrected chi connectivity index (χ2v) is 14.6. The lowest BCUT2D eigenvalue weighted by Crippen LogP contribution is -2.57. The van der Waals surface area contributed by atoms with Crippen LogP contribution in [0.5, 0.6) is 0 Å². The van der Waals surface area contributed by atoms with Gasteiger partial charge in [0.25, 0.3) is 0 Å². The number of carbonyl (C=O) groups is 4. The van der Waals surface area contributed by atoms with Crippen LogP contribution in [-0.4, -0.2) is 58.1 Å². The summed E-state index contributed by atoms with van der Waals surface area (Å²) >= 11 is 0. The molecule has 0 saturated heterocycles. The molecule has 2 aromatic carbocycles. The van der Waals surface area contributed by atoms with Gasteiger partial charge in [-0.15, -0.1) is 0 Å². The van der Waals surface area contributed by atoms with E-state index in [2.05, 4.69) is 10.6 Å². The zero-order valence-electron chi connectivity index (χ0n) is 29.2. The Balaban J connectivity index is 2.07. The molecule has 0 aromatic heterocycles. The van der Waals surface area contributed by atoms with Gasteiger partial charge in [-0.3, -0.25) is 9.59 Å². The molecule has 3 rings (SSSR count). The van der Waals surface area contributed by atoms with Crippen molar-refractivity contribution < 1.29 is 28.7 Å². The number of hydrogen-bond acceptors (Lipinski definition) is 6. The van der Waals surface area contributed by atoms with Crippen molar-refractivity contribution in [2.24, 2.45) is 11.8 Å². The van der Waals surface area contributed by atoms with E-state index in [1.165, 1.54) is 0 Å². The van der Waals surface area contributed by atoms with E-state index in [1.807, 2.05) is 82.3 Å². The third kappa shape index (κ3) is 10.6. The maximum atomic E-state index is 14.7. The summed E-state index contributed by atoms with van der Waals surface area (Å²) in [6.07, 6.45) is 0.838. The van der Waals surface area contributed by atoms with Crippen LogP contribution in [0.15, 0.2) is 54.6 Å². The van der Waals surface area contributed by atoms with Crippen molar-refractivity contribution in [3.8, 4) is 0 Å². The molecule has 1 aliphatic rings. The fourth-order valence-corrected chi connectivity index (χ4v) is 5.40. The molecular weight excluding hydrogens is 582 g/mol. The highest BCUT2D eigenvalue weighted by atomic mass is 16.6. The highest BCUT2D eigenvalue weighted by molar-refractivity contribution is 5.94. The van der Waals surface area contributed by atoms with Gasteiger partial charge in [-0.1, -0.05) is 87.4 Å². The number of nitrogens with zero attached hydrogens (tertiary/aromatic N) is 1. The molecule has 9 heteroatoms. The van der Waals surface area contributed by atoms with Gasteiger partial charge >= 0.3 is 12.1 Å². The summed E-state index contributed by atoms with van der Waals surface area (Å²) in [6, 6.07) is 13.7. The Hall–Kier alpha value is -3.88. The number of benzene rings is 2. The number of aryl methyl sites for hydroxylation is 1. The van der Waals surface area contributed by atoms with Crippen molar-refractivity contribution in [3.05, 3.63) is 71.3 Å². The van der Waals surface area contributed by atoms with Crippen molar-refractivity contribution in [2.75, 3.05) is 0 Å². The maximum Gasteiger partial charge on any atom is 0.408 e. The molecule has 2 N–H and O–H groups in total. The van der Waals surface area contributed by atoms with E-state index < -0.39 is 47.3 Å². The molecule has 1 aliphatic carbocycles. The Labute approximate surface area is 274 Å². The average molecular weight is 636 g/mol. The van der Waals surface area contributed by atoms with Gasteiger partial charge in [-0.05, 0) is 77.8 Å². The number of rotatable bonds is 12. The smallest absolute Gasteiger partial charge is 0.408 e. The lowest BCUT2D eigenvalue weighted by Gasteiger charge is -2.37. The van der Waals surface area contributed by atoms with Crippen LogP contribution in [0.2, 0.25) is 0 Å². The molecule has 6 atom stereocenters. The molecule has 2 aromatic rings. The minimum atomic E-state index is -1.06. The van der Waals surface area contributed by atoms with E-state index in [-0.39, 0.29) is 30.2 Å². The van der Waals surface area contributed by atoms with Crippen LogP contribution in [0.4, 0.5) is 4.79 Å². The van der Waals surface area contributed by atoms with Crippen molar-refractivity contribution in [1.82, 2.24) is 15.5 Å². The Bertz CT molecular complexity index is 1360. The predicted octanol–water partition coefficient (Wildman–Crippen LogP) is 6.28. The quantitative estimate of drug-likeness (QED) is 0.265. The van der Waals surface area contributed by atoms with Crippen molar-refractivity contribution in [2.45, 2.75) is 124 Å². The maximum absolute atomic E-state index is 14.7. The predicted molar refractivity (Wildman–Crippen MR) is 179 cm³/mol. The molecule has 252 valence electrons. The standard InChI is InChI=1S/C37H53N3O6/c1-11-24(3)30(39-35(44)46-37(8,9)10)33(42)40(29-21-25(29)4)31(27-19-15-16-23(2)20-27)32(41)38-28(34(43)45-36(5,6)7)22-26-17-13-12-14-18-26/h12-20,24-25,28-31H,11,21-22H2,1-10H3,(H,38,41)(H,39,44). The Kier molecular flexibility index (Phi) is 12.0. The zero-order valence-corrected chi connectivity index (χ0v) is 29.2. The molecule has 1 fully saturated rings. The van der Waals surface area contributed by atoms with Gasteiger partial charge in [-0.25, -0.2) is 9.59 Å². The fraction of sp³-hybridized carbons (Fsp3) is 0.568. The van der Waals surface area contributed by atoms with Crippen LogP contribution in [0.25, 0.3) is 0 Å². The molecule has 0 spiro atoms. The summed E-state index contributed by atoms with van der Waals surface area (Å²) in [5.41, 5.74) is 0.872. The van der Waals surface area contributed by atoms with Crippen LogP contribution >= 0.6 is 0 Å². The first-order valence-corrected chi connectivity index (χ1v) is 16.4. The normalized spacial score (nSPS) is 18.7. The summed E-state index contributed by atoms with van der Waals surface area (Å²) in [5.74, 6) is -1.52. The first-order valence-electron chi connectivity index (χ1n) is 16.4. The van der Waals surface area contributed by atoms with Gasteiger partial charge in [0.05, 0.1) is 0 Å². The van der Waals surface area contributed by atoms with Gasteiger partial charge in [0.2, 0.25) is 11.8 Å². The topological polar surface area (TPSA) is 114 Å². The van der Waals surface area contributed by atoms with Crippen LogP contribution in [-0.2, 0) is 30.3 Å². The molecule has 0 bridgehead atoms. The average Bonchev–Trinajstić information content (AvgIpc) is 3.67. The number of amides is 3. The third-order valence-electron chi connectivity index (χ3n) is 8.00. The van der Waals surface area contributed by atoms with Crippen LogP contribution in [0, 0.1) is 18.8 Å². The molecule has 0 radical (unpaired) electrons. The molecule has 6 unspecified atom stereocenters. The summed E-state index contributed by atoms with van der Waals surface area (Å²) in [5, 5.41) is 5.79. The first-order chi connectivity index (χ1) is 21.4. The monoisotopic (exact) mass is 635 g/mol. The minimum absolute atomic E-state index is 0.147. The number of hydrogen-bond donors (Lipinski definition) is 2. The van der Waals surface area contributed by atoms with E-state index in [0.29, 0.717) is 18.4 Å². The number of ether oxygens (including phenoxy) is 2. The van der Waals surface area contributed by atoms with Gasteiger partial charge in [0, 0.05) is 12.5 Å². The number of esters is 1. The molecular formula is C37H53N3O6. The molecule has 0 heterocycles. The summed E-state index contributed by atoms with van der Waals surface area (Å²) in [6.45, 7) is 18.4. The highest BCUT2D eigenvalue weighted by Gasteiger charge is 2.49. The molecule has 0 aliphatic heterocycles. The number of nitrogens with one attached hydrogen (secondary N) is 2. The van der Waals surface area contributed by atoms with Crippen LogP contribution in [0.1, 0.15) is 97.9 Å². The summed E-state index contributed by atoms with van der Waals surface area (Å²) < 4.78 is 11.3. The highest BCUT2D eigenvalue weighted by Crippen LogP contribution is 2.41. The van der Waals surface area contributed by atoms with Gasteiger partial charge in [-0.2, -0.15) is 0 Å². The number of carbonyl (C=O) groups excluding carboxylic acids is 4. The van der Waals surface area contributed by atoms with E-state index in [4.69, 9.17) is 9.47 Å². The van der Waals surface area contributed by atoms with Crippen molar-refractivity contribution in [1.29, 1.82) is 0 Å². The fourth-order valence-electron chi connectivity index (χ4n) is 5.40. The van der Waals surface area contributed by atoms with E-state index in [9.17, 15) is 19.2 Å². The Morgan fingerprint density at radius 2 is 1.52 bits per heavy atom. The van der Waals surface area contributed by atoms with Crippen LogP contribution < -0.4 is 10.6 Å². The largest absolute Gasteiger partial charge is 0.458 e. The second kappa shape index (κ2) is 15.1. The molecule has 1 saturated carbocycles. The van der Waals surface area contributed by atoms with Crippen molar-refractivity contribution >= 4 is 23.9 Å². The van der Waals surface area contributed by atoms with E-state index >= 15 is 0 Å². The SMILES string of the molecule is CCC(C)C(NC(=O)OC(C)(C)C)C(=O)N(C(C(=O)NC(Cc1ccccc1)C(=O)OC(C)(C)C)c1cccc(C)c1)C1CC1C. The minimum Gasteiger partial charge on any atom is -0.458 e. The molecule has 9 nitrogen and oxygen atoms in total. The summed E-state index contributed by atoms with van der Waals surface area (Å²) in [4.78, 5) is 57.3. The molecule has 3 amide bonds. The molecule has 46 heavy (non-hydrogen) atoms. The third-order valence-corrected chi connectivity index (χ3v) is 8.00. The zero-order chi connectivity index (χ0) is 34.4. The Morgan fingerprint density at radius 3 is 2.04 bits per heavy atom. The Morgan fingerprint density at radius 1 is 0.913 bits per heavy atom. The first kappa shape index (κ1) is 36.6. The van der Waals surface area contributed by atoms with Crippen LogP contribution in [0.3, 0.4) is 0 Å². The van der Waals surface area contributed by atoms with Gasteiger partial charge in [0.15, 0.2) is 0 Å². The summed E-state index contributed by atoms with van der Waals surface area (Å²) in [7, 11) is 0. The lowest BCUT2D eigenvalue weighted by atomic mass is 9.94. The number of alkyl carbamates (subject to hydrolysis) is 1. The van der Waals surface area contributed by atoms with Gasteiger partial charge in [0.1, 0.15) is 29.3 Å². The van der Waals surface area contributed by atoms with Crippen molar-refractivity contribution in [3.63, 3.8) is 0 Å². The van der Waals surface area contributed by atoms with E-state index in [0.717, 1.165) is 11.1 Å².